The maximum Gasteiger partial charge on any atom is 0.345 e. The lowest BCUT2D eigenvalue weighted by Gasteiger charge is -2.17. The Morgan fingerprint density at radius 2 is 1.96 bits per heavy atom. The zero-order valence-electron chi connectivity index (χ0n) is 16.9. The van der Waals surface area contributed by atoms with Gasteiger partial charge in [-0.05, 0) is 30.7 Å². The molecule has 0 atom stereocenters. The van der Waals surface area contributed by atoms with E-state index in [1.807, 2.05) is 63.9 Å². The SMILES string of the molecule is CCCNC(=O)N1N=C(C(C)(C)C)/C(=C\C=C2\Oc3ccccc3N2C)C1=O. The second-order valence-electron chi connectivity index (χ2n) is 7.76. The van der Waals surface area contributed by atoms with E-state index in [1.54, 1.807) is 12.2 Å². The zero-order chi connectivity index (χ0) is 20.5. The summed E-state index contributed by atoms with van der Waals surface area (Å²) in [7, 11) is 1.90. The molecule has 1 aromatic rings. The number of para-hydroxylation sites is 2. The fourth-order valence-electron chi connectivity index (χ4n) is 2.98. The second-order valence-corrected chi connectivity index (χ2v) is 7.76. The predicted molar refractivity (Wildman–Crippen MR) is 109 cm³/mol. The number of fused-ring (bicyclic) bond motifs is 1. The number of amides is 3. The Balaban J connectivity index is 1.91. The Morgan fingerprint density at radius 3 is 2.61 bits per heavy atom. The molecule has 0 aliphatic carbocycles. The highest BCUT2D eigenvalue weighted by atomic mass is 16.5. The molecular weight excluding hydrogens is 356 g/mol. The van der Waals surface area contributed by atoms with E-state index >= 15 is 0 Å². The van der Waals surface area contributed by atoms with Crippen LogP contribution in [-0.2, 0) is 4.79 Å². The van der Waals surface area contributed by atoms with E-state index in [2.05, 4.69) is 10.4 Å². The number of benzene rings is 1. The molecule has 1 N–H and O–H groups in total. The van der Waals surface area contributed by atoms with E-state index < -0.39 is 17.4 Å². The first-order valence-corrected chi connectivity index (χ1v) is 9.38. The van der Waals surface area contributed by atoms with Crippen LogP contribution in [0.4, 0.5) is 10.5 Å². The third kappa shape index (κ3) is 3.65. The lowest BCUT2D eigenvalue weighted by molar-refractivity contribution is -0.123. The van der Waals surface area contributed by atoms with E-state index in [1.165, 1.54) is 0 Å². The fraction of sp³-hybridized carbons (Fsp3) is 0.381. The monoisotopic (exact) mass is 382 g/mol. The third-order valence-electron chi connectivity index (χ3n) is 4.47. The number of ether oxygens (including phenoxy) is 1. The van der Waals surface area contributed by atoms with Crippen molar-refractivity contribution < 1.29 is 14.3 Å². The van der Waals surface area contributed by atoms with Crippen molar-refractivity contribution in [2.75, 3.05) is 18.5 Å². The molecule has 7 heteroatoms. The summed E-state index contributed by atoms with van der Waals surface area (Å²) in [5, 5.41) is 7.92. The molecule has 1 aromatic carbocycles. The van der Waals surface area contributed by atoms with Crippen LogP contribution in [0.1, 0.15) is 34.1 Å². The average Bonchev–Trinajstić information content (AvgIpc) is 3.15. The largest absolute Gasteiger partial charge is 0.439 e. The van der Waals surface area contributed by atoms with Crippen molar-refractivity contribution in [1.29, 1.82) is 0 Å². The van der Waals surface area contributed by atoms with E-state index in [0.717, 1.165) is 22.9 Å². The van der Waals surface area contributed by atoms with Gasteiger partial charge >= 0.3 is 6.03 Å². The molecule has 28 heavy (non-hydrogen) atoms. The minimum absolute atomic E-state index is 0.389. The molecule has 7 nitrogen and oxygen atoms in total. The number of hydrogen-bond acceptors (Lipinski definition) is 5. The number of urea groups is 1. The minimum Gasteiger partial charge on any atom is -0.439 e. The number of imide groups is 1. The molecule has 3 amide bonds. The maximum atomic E-state index is 12.9. The van der Waals surface area contributed by atoms with E-state index in [9.17, 15) is 9.59 Å². The number of rotatable bonds is 3. The summed E-state index contributed by atoms with van der Waals surface area (Å²) in [6.45, 7) is 8.32. The van der Waals surface area contributed by atoms with Crippen molar-refractivity contribution in [2.24, 2.45) is 10.5 Å². The van der Waals surface area contributed by atoms with Crippen LogP contribution in [0.25, 0.3) is 0 Å². The highest BCUT2D eigenvalue weighted by Gasteiger charge is 2.39. The number of nitrogens with one attached hydrogen (secondary N) is 1. The molecule has 2 aliphatic rings. The zero-order valence-corrected chi connectivity index (χ0v) is 16.9. The second kappa shape index (κ2) is 7.50. The molecule has 0 saturated heterocycles. The van der Waals surface area contributed by atoms with Crippen molar-refractivity contribution in [3.63, 3.8) is 0 Å². The van der Waals surface area contributed by atoms with E-state index in [0.29, 0.717) is 23.7 Å². The number of hydrogen-bond donors (Lipinski definition) is 1. The van der Waals surface area contributed by atoms with Gasteiger partial charge < -0.3 is 15.0 Å². The topological polar surface area (TPSA) is 74.2 Å². The van der Waals surface area contributed by atoms with Crippen LogP contribution in [-0.4, -0.2) is 36.3 Å². The van der Waals surface area contributed by atoms with Crippen LogP contribution in [0, 0.1) is 5.41 Å². The fourth-order valence-corrected chi connectivity index (χ4v) is 2.98. The van der Waals surface area contributed by atoms with Gasteiger partial charge in [0.2, 0.25) is 0 Å². The number of nitrogens with zero attached hydrogens (tertiary/aromatic N) is 3. The summed E-state index contributed by atoms with van der Waals surface area (Å²) in [6.07, 6.45) is 4.20. The molecule has 0 radical (unpaired) electrons. The van der Waals surface area contributed by atoms with Crippen molar-refractivity contribution in [2.45, 2.75) is 34.1 Å². The molecule has 3 rings (SSSR count). The van der Waals surface area contributed by atoms with Crippen LogP contribution in [0.2, 0.25) is 0 Å². The molecule has 0 unspecified atom stereocenters. The standard InChI is InChI=1S/C21H26N4O3/c1-6-13-22-20(27)25-19(26)14(18(23-25)21(2,3)4)11-12-17-24(5)15-9-7-8-10-16(15)28-17/h7-12H,6,13H2,1-5H3,(H,22,27)/b14-11+,17-12+. The van der Waals surface area contributed by atoms with Crippen molar-refractivity contribution in [3.8, 4) is 5.75 Å². The predicted octanol–water partition coefficient (Wildman–Crippen LogP) is 3.65. The molecule has 148 valence electrons. The Morgan fingerprint density at radius 1 is 1.25 bits per heavy atom. The minimum atomic E-state index is -0.508. The van der Waals surface area contributed by atoms with Crippen LogP contribution >= 0.6 is 0 Å². The lowest BCUT2D eigenvalue weighted by Crippen LogP contribution is -2.38. The summed E-state index contributed by atoms with van der Waals surface area (Å²) >= 11 is 0. The smallest absolute Gasteiger partial charge is 0.345 e. The molecule has 0 bridgehead atoms. The van der Waals surface area contributed by atoms with Crippen molar-refractivity contribution in [1.82, 2.24) is 10.3 Å². The first-order chi connectivity index (χ1) is 13.2. The summed E-state index contributed by atoms with van der Waals surface area (Å²) < 4.78 is 5.86. The van der Waals surface area contributed by atoms with Crippen LogP contribution in [0.15, 0.2) is 53.0 Å². The highest BCUT2D eigenvalue weighted by Crippen LogP contribution is 2.37. The first kappa shape index (κ1) is 19.7. The molecule has 2 aliphatic heterocycles. The number of anilines is 1. The number of hydrazone groups is 1. The maximum absolute atomic E-state index is 12.9. The highest BCUT2D eigenvalue weighted by molar-refractivity contribution is 6.29. The van der Waals surface area contributed by atoms with Crippen LogP contribution in [0.5, 0.6) is 5.75 Å². The Labute approximate surface area is 165 Å². The summed E-state index contributed by atoms with van der Waals surface area (Å²) in [4.78, 5) is 27.1. The number of allylic oxidation sites excluding steroid dienone is 2. The van der Waals surface area contributed by atoms with Gasteiger partial charge in [-0.2, -0.15) is 5.10 Å². The van der Waals surface area contributed by atoms with Gasteiger partial charge in [0.25, 0.3) is 5.91 Å². The third-order valence-corrected chi connectivity index (χ3v) is 4.47. The van der Waals surface area contributed by atoms with Gasteiger partial charge in [0, 0.05) is 19.0 Å². The Hall–Kier alpha value is -3.09. The number of carbonyl (C=O) groups is 2. The normalized spacial score (nSPS) is 19.2. The van der Waals surface area contributed by atoms with Crippen LogP contribution < -0.4 is 15.0 Å². The van der Waals surface area contributed by atoms with Gasteiger partial charge in [-0.1, -0.05) is 39.8 Å². The van der Waals surface area contributed by atoms with Gasteiger partial charge in [0.15, 0.2) is 11.6 Å². The summed E-state index contributed by atoms with van der Waals surface area (Å²) in [5.74, 6) is 0.926. The molecule has 0 spiro atoms. The summed E-state index contributed by atoms with van der Waals surface area (Å²) in [6, 6.07) is 7.20. The Bertz CT molecular complexity index is 893. The van der Waals surface area contributed by atoms with E-state index in [4.69, 9.17) is 4.74 Å². The van der Waals surface area contributed by atoms with Gasteiger partial charge in [-0.25, -0.2) is 4.79 Å². The van der Waals surface area contributed by atoms with Gasteiger partial charge in [-0.3, -0.25) is 4.79 Å². The van der Waals surface area contributed by atoms with E-state index in [-0.39, 0.29) is 0 Å². The number of carbonyl (C=O) groups excluding carboxylic acids is 2. The molecule has 0 fully saturated rings. The molecular formula is C21H26N4O3. The lowest BCUT2D eigenvalue weighted by atomic mass is 9.85. The molecule has 0 saturated carbocycles. The quantitative estimate of drug-likeness (QED) is 0.810. The molecule has 2 heterocycles. The Kier molecular flexibility index (Phi) is 5.27. The summed E-state index contributed by atoms with van der Waals surface area (Å²) in [5.41, 5.74) is 1.51. The first-order valence-electron chi connectivity index (χ1n) is 9.38. The van der Waals surface area contributed by atoms with Gasteiger partial charge in [-0.15, -0.1) is 5.01 Å². The van der Waals surface area contributed by atoms with Gasteiger partial charge in [0.1, 0.15) is 0 Å². The average molecular weight is 382 g/mol. The molecule has 0 aromatic heterocycles. The van der Waals surface area contributed by atoms with Crippen molar-refractivity contribution >= 4 is 23.3 Å². The van der Waals surface area contributed by atoms with Crippen LogP contribution in [0.3, 0.4) is 0 Å². The van der Waals surface area contributed by atoms with Crippen molar-refractivity contribution in [3.05, 3.63) is 47.9 Å². The van der Waals surface area contributed by atoms with Gasteiger partial charge in [0.05, 0.1) is 17.0 Å².